The van der Waals surface area contributed by atoms with Crippen LogP contribution in [0.4, 0.5) is 5.69 Å². The normalized spacial score (nSPS) is 22.3. The number of thioether (sulfide) groups is 1. The number of nitrogens with one attached hydrogen (secondary N) is 2. The summed E-state index contributed by atoms with van der Waals surface area (Å²) in [7, 11) is -3.98. The Balaban J connectivity index is 1.29. The van der Waals surface area contributed by atoms with Gasteiger partial charge in [0, 0.05) is 36.4 Å². The lowest BCUT2D eigenvalue weighted by atomic mass is 10.2. The van der Waals surface area contributed by atoms with Crippen molar-refractivity contribution in [3.63, 3.8) is 0 Å². The lowest BCUT2D eigenvalue weighted by molar-refractivity contribution is -0.115. The van der Waals surface area contributed by atoms with Gasteiger partial charge in [0.15, 0.2) is 11.4 Å². The van der Waals surface area contributed by atoms with Crippen LogP contribution < -0.4 is 15.4 Å². The highest BCUT2D eigenvalue weighted by Gasteiger charge is 2.41. The standard InChI is InChI=1S/C24H25N7O6S2/c32-22-5-9-38-21-4-3-16(10-17(21)26-22)39(34,35)31-12-18-20(13-31)37-14-15-11-30(29-28-15)7-8-36-19-2-1-6-25-23(19)24(33)27-18/h1-4,6,10-11,18,20H,5,7-9,12-14H2,(H,26,32)(H,27,33)/t18-,20-/m0/s1. The van der Waals surface area contributed by atoms with Crippen molar-refractivity contribution in [2.45, 2.75) is 41.5 Å². The third-order valence-corrected chi connectivity index (χ3v) is 9.50. The zero-order valence-corrected chi connectivity index (χ0v) is 22.3. The maximum atomic E-state index is 13.7. The molecule has 1 fully saturated rings. The number of hydrogen-bond donors (Lipinski definition) is 2. The van der Waals surface area contributed by atoms with Crippen LogP contribution in [0.5, 0.6) is 5.75 Å². The first-order valence-corrected chi connectivity index (χ1v) is 14.8. The molecule has 3 aliphatic heterocycles. The first kappa shape index (κ1) is 25.7. The molecule has 0 radical (unpaired) electrons. The fourth-order valence-electron chi connectivity index (χ4n) is 4.62. The molecule has 1 aromatic carbocycles. The molecule has 2 N–H and O–H groups in total. The van der Waals surface area contributed by atoms with Crippen molar-refractivity contribution in [2.75, 3.05) is 30.8 Å². The number of fused-ring (bicyclic) bond motifs is 5. The number of anilines is 1. The van der Waals surface area contributed by atoms with Gasteiger partial charge in [-0.3, -0.25) is 9.59 Å². The molecule has 0 aliphatic carbocycles. The molecular weight excluding hydrogens is 546 g/mol. The summed E-state index contributed by atoms with van der Waals surface area (Å²) in [6.07, 6.45) is 2.91. The van der Waals surface area contributed by atoms with Crippen molar-refractivity contribution in [3.05, 3.63) is 54.1 Å². The van der Waals surface area contributed by atoms with Gasteiger partial charge in [-0.1, -0.05) is 5.21 Å². The number of carbonyl (C=O) groups is 2. The Morgan fingerprint density at radius 3 is 2.95 bits per heavy atom. The van der Waals surface area contributed by atoms with Crippen LogP contribution in [0.3, 0.4) is 0 Å². The summed E-state index contributed by atoms with van der Waals surface area (Å²) >= 11 is 1.50. The van der Waals surface area contributed by atoms with Gasteiger partial charge in [0.25, 0.3) is 5.91 Å². The molecular formula is C24H25N7O6S2. The van der Waals surface area contributed by atoms with Gasteiger partial charge in [0.1, 0.15) is 12.3 Å². The molecule has 2 aromatic heterocycles. The first-order valence-electron chi connectivity index (χ1n) is 12.3. The predicted octanol–water partition coefficient (Wildman–Crippen LogP) is 0.888. The second kappa shape index (κ2) is 10.6. The van der Waals surface area contributed by atoms with Gasteiger partial charge in [-0.2, -0.15) is 4.31 Å². The van der Waals surface area contributed by atoms with Gasteiger partial charge < -0.3 is 20.1 Å². The molecule has 3 aliphatic rings. The molecule has 2 atom stereocenters. The Bertz CT molecular complexity index is 1530. The number of amides is 2. The first-order chi connectivity index (χ1) is 18.9. The number of pyridine rings is 1. The zero-order valence-electron chi connectivity index (χ0n) is 20.6. The van der Waals surface area contributed by atoms with Crippen LogP contribution in [0.25, 0.3) is 0 Å². The van der Waals surface area contributed by atoms with Gasteiger partial charge in [-0.15, -0.1) is 16.9 Å². The molecule has 39 heavy (non-hydrogen) atoms. The van der Waals surface area contributed by atoms with Crippen LogP contribution in [0.15, 0.2) is 52.5 Å². The number of aromatic nitrogens is 4. The fourth-order valence-corrected chi connectivity index (χ4v) is 7.06. The number of sulfonamides is 1. The van der Waals surface area contributed by atoms with Crippen LogP contribution >= 0.6 is 11.8 Å². The minimum absolute atomic E-state index is 0.00515. The number of benzene rings is 1. The maximum absolute atomic E-state index is 13.7. The Morgan fingerprint density at radius 1 is 1.15 bits per heavy atom. The largest absolute Gasteiger partial charge is 0.489 e. The van der Waals surface area contributed by atoms with Gasteiger partial charge in [-0.25, -0.2) is 18.1 Å². The highest BCUT2D eigenvalue weighted by atomic mass is 32.2. The van der Waals surface area contributed by atoms with Crippen LogP contribution in [-0.4, -0.2) is 82.1 Å². The Kier molecular flexibility index (Phi) is 6.97. The third-order valence-electron chi connectivity index (χ3n) is 6.59. The van der Waals surface area contributed by atoms with E-state index in [4.69, 9.17) is 9.47 Å². The maximum Gasteiger partial charge on any atom is 0.274 e. The van der Waals surface area contributed by atoms with E-state index < -0.39 is 28.1 Å². The molecule has 13 nitrogen and oxygen atoms in total. The topological polar surface area (TPSA) is 158 Å². The van der Waals surface area contributed by atoms with E-state index in [-0.39, 0.29) is 42.8 Å². The van der Waals surface area contributed by atoms with E-state index in [0.717, 1.165) is 4.90 Å². The monoisotopic (exact) mass is 571 g/mol. The van der Waals surface area contributed by atoms with Gasteiger partial charge in [0.05, 0.1) is 42.1 Å². The predicted molar refractivity (Wildman–Crippen MR) is 139 cm³/mol. The lowest BCUT2D eigenvalue weighted by Gasteiger charge is -2.20. The molecule has 0 unspecified atom stereocenters. The van der Waals surface area contributed by atoms with E-state index in [1.54, 1.807) is 29.1 Å². The van der Waals surface area contributed by atoms with E-state index in [2.05, 4.69) is 25.9 Å². The second-order valence-corrected chi connectivity index (χ2v) is 12.3. The Labute approximate surface area is 228 Å². The molecule has 15 heteroatoms. The summed E-state index contributed by atoms with van der Waals surface area (Å²) in [6.45, 7) is 0.717. The van der Waals surface area contributed by atoms with Crippen LogP contribution in [0.2, 0.25) is 0 Å². The van der Waals surface area contributed by atoms with E-state index in [0.29, 0.717) is 35.8 Å². The van der Waals surface area contributed by atoms with E-state index in [9.17, 15) is 18.0 Å². The van der Waals surface area contributed by atoms with Crippen molar-refractivity contribution >= 4 is 39.3 Å². The summed E-state index contributed by atoms with van der Waals surface area (Å²) < 4.78 is 42.2. The van der Waals surface area contributed by atoms with Gasteiger partial charge >= 0.3 is 0 Å². The highest BCUT2D eigenvalue weighted by Crippen LogP contribution is 2.34. The molecule has 6 rings (SSSR count). The molecule has 1 saturated heterocycles. The number of rotatable bonds is 2. The third kappa shape index (κ3) is 5.34. The van der Waals surface area contributed by atoms with Crippen LogP contribution in [0.1, 0.15) is 22.6 Å². The van der Waals surface area contributed by atoms with Crippen molar-refractivity contribution in [2.24, 2.45) is 0 Å². The van der Waals surface area contributed by atoms with Crippen molar-refractivity contribution in [1.29, 1.82) is 0 Å². The molecule has 0 saturated carbocycles. The van der Waals surface area contributed by atoms with E-state index in [1.165, 1.54) is 34.4 Å². The second-order valence-electron chi connectivity index (χ2n) is 9.23. The minimum atomic E-state index is -3.98. The van der Waals surface area contributed by atoms with Crippen molar-refractivity contribution in [3.8, 4) is 5.75 Å². The average molecular weight is 572 g/mol. The molecule has 3 aromatic rings. The summed E-state index contributed by atoms with van der Waals surface area (Å²) in [5.41, 5.74) is 1.13. The lowest BCUT2D eigenvalue weighted by Crippen LogP contribution is -2.44. The summed E-state index contributed by atoms with van der Waals surface area (Å²) in [6, 6.07) is 7.36. The average Bonchev–Trinajstić information content (AvgIpc) is 3.50. The fraction of sp³-hybridized carbons (Fsp3) is 0.375. The number of nitrogens with zero attached hydrogens (tertiary/aromatic N) is 5. The van der Waals surface area contributed by atoms with Crippen molar-refractivity contribution in [1.82, 2.24) is 29.6 Å². The number of hydrogen-bond acceptors (Lipinski definition) is 10. The van der Waals surface area contributed by atoms with Crippen LogP contribution in [0, 0.1) is 0 Å². The SMILES string of the molecule is O=C1CCSc2ccc(S(=O)(=O)N3C[C@@H]4NC(=O)c5ncccc5OCCn5cc(nn5)CO[C@H]4C3)cc2N1. The summed E-state index contributed by atoms with van der Waals surface area (Å²) in [5.74, 6) is 0.264. The Morgan fingerprint density at radius 2 is 2.05 bits per heavy atom. The van der Waals surface area contributed by atoms with Gasteiger partial charge in [-0.05, 0) is 30.3 Å². The summed E-state index contributed by atoms with van der Waals surface area (Å²) in [4.78, 5) is 30.3. The summed E-state index contributed by atoms with van der Waals surface area (Å²) in [5, 5.41) is 13.9. The number of carbonyl (C=O) groups excluding carboxylic acids is 2. The smallest absolute Gasteiger partial charge is 0.274 e. The highest BCUT2D eigenvalue weighted by molar-refractivity contribution is 7.99. The molecule has 5 heterocycles. The molecule has 204 valence electrons. The Hall–Kier alpha value is -3.53. The van der Waals surface area contributed by atoms with E-state index >= 15 is 0 Å². The van der Waals surface area contributed by atoms with Crippen molar-refractivity contribution < 1.29 is 27.5 Å². The minimum Gasteiger partial charge on any atom is -0.489 e. The van der Waals surface area contributed by atoms with E-state index in [1.807, 2.05) is 0 Å². The molecule has 2 bridgehead atoms. The molecule has 0 spiro atoms. The quantitative estimate of drug-likeness (QED) is 0.453. The molecule has 2 amide bonds. The van der Waals surface area contributed by atoms with Gasteiger partial charge in [0.2, 0.25) is 15.9 Å². The number of ether oxygens (including phenoxy) is 2. The van der Waals surface area contributed by atoms with Crippen LogP contribution in [-0.2, 0) is 32.7 Å². The zero-order chi connectivity index (χ0) is 27.0.